The Morgan fingerprint density at radius 1 is 1.16 bits per heavy atom. The van der Waals surface area contributed by atoms with E-state index in [0.29, 0.717) is 12.2 Å². The molecule has 2 rings (SSSR count). The number of ether oxygens (including phenoxy) is 2. The second-order valence-electron chi connectivity index (χ2n) is 4.75. The van der Waals surface area contributed by atoms with Crippen LogP contribution in [0.25, 0.3) is 0 Å². The molecule has 5 nitrogen and oxygen atoms in total. The molecule has 8 heteroatoms. The minimum atomic E-state index is -2.95. The normalized spacial score (nSPS) is 11.0. The van der Waals surface area contributed by atoms with Gasteiger partial charge in [0.2, 0.25) is 0 Å². The van der Waals surface area contributed by atoms with E-state index >= 15 is 0 Å². The molecule has 0 saturated carbocycles. The third-order valence-electron chi connectivity index (χ3n) is 3.03. The molecule has 0 fully saturated rings. The lowest BCUT2D eigenvalue weighted by atomic mass is 10.2. The van der Waals surface area contributed by atoms with Crippen molar-refractivity contribution in [1.29, 1.82) is 0 Å². The average molecular weight is 463 g/mol. The van der Waals surface area contributed by atoms with E-state index in [2.05, 4.69) is 15.0 Å². The number of nitrogens with two attached hydrogens (primary N) is 1. The van der Waals surface area contributed by atoms with Gasteiger partial charge < -0.3 is 20.5 Å². The Balaban J connectivity index is 0.00000312. The first kappa shape index (κ1) is 20.9. The molecule has 0 unspecified atom stereocenters. The lowest BCUT2D eigenvalue weighted by Gasteiger charge is -2.14. The molecule has 0 atom stereocenters. The second kappa shape index (κ2) is 10.7. The Labute approximate surface area is 162 Å². The van der Waals surface area contributed by atoms with Crippen LogP contribution in [0.5, 0.6) is 11.5 Å². The van der Waals surface area contributed by atoms with Crippen molar-refractivity contribution in [1.82, 2.24) is 0 Å². The van der Waals surface area contributed by atoms with Gasteiger partial charge in [-0.05, 0) is 25.1 Å². The number of halogens is 3. The quantitative estimate of drug-likeness (QED) is 0.367. The van der Waals surface area contributed by atoms with E-state index in [4.69, 9.17) is 10.5 Å². The Hall–Kier alpha value is -2.10. The van der Waals surface area contributed by atoms with Crippen molar-refractivity contribution in [3.05, 3.63) is 54.1 Å². The van der Waals surface area contributed by atoms with Gasteiger partial charge in [-0.25, -0.2) is 4.99 Å². The molecule has 0 heterocycles. The smallest absolute Gasteiger partial charge is 0.387 e. The van der Waals surface area contributed by atoms with E-state index in [1.807, 2.05) is 30.3 Å². The second-order valence-corrected chi connectivity index (χ2v) is 4.75. The molecular weight excluding hydrogens is 443 g/mol. The largest absolute Gasteiger partial charge is 0.490 e. The molecule has 0 spiro atoms. The lowest BCUT2D eigenvalue weighted by Crippen LogP contribution is -2.22. The number of alkyl halides is 2. The molecular formula is C17H20F2IN3O2. The van der Waals surface area contributed by atoms with Crippen LogP contribution in [0.1, 0.15) is 12.5 Å². The van der Waals surface area contributed by atoms with E-state index in [1.54, 1.807) is 25.1 Å². The Bertz CT molecular complexity index is 685. The maximum atomic E-state index is 12.7. The number of rotatable bonds is 7. The number of aliphatic imine (C=N–C) groups is 1. The molecule has 0 radical (unpaired) electrons. The monoisotopic (exact) mass is 463 g/mol. The van der Waals surface area contributed by atoms with E-state index in [1.165, 1.54) is 0 Å². The standard InChI is InChI=1S/C17H19F2N3O2.HI/c1-2-23-14-10-6-7-12(15(14)24-16(18)19)11-21-17(20)22-13-8-4-3-5-9-13;/h3-10,16H,2,11H2,1H3,(H3,20,21,22);1H. The highest BCUT2D eigenvalue weighted by Crippen LogP contribution is 2.33. The van der Waals surface area contributed by atoms with Crippen molar-refractivity contribution in [2.24, 2.45) is 10.7 Å². The third kappa shape index (κ3) is 6.73. The number of guanidine groups is 1. The number of hydrogen-bond donors (Lipinski definition) is 2. The van der Waals surface area contributed by atoms with Gasteiger partial charge in [-0.15, -0.1) is 24.0 Å². The highest BCUT2D eigenvalue weighted by Gasteiger charge is 2.15. The van der Waals surface area contributed by atoms with Gasteiger partial charge >= 0.3 is 6.61 Å². The summed E-state index contributed by atoms with van der Waals surface area (Å²) in [6.07, 6.45) is 0. The highest BCUT2D eigenvalue weighted by atomic mass is 127. The summed E-state index contributed by atoms with van der Waals surface area (Å²) in [7, 11) is 0. The summed E-state index contributed by atoms with van der Waals surface area (Å²) in [6, 6.07) is 14.2. The molecule has 0 bridgehead atoms. The summed E-state index contributed by atoms with van der Waals surface area (Å²) in [5.41, 5.74) is 7.06. The van der Waals surface area contributed by atoms with Gasteiger partial charge in [-0.3, -0.25) is 0 Å². The molecule has 136 valence electrons. The van der Waals surface area contributed by atoms with Crippen molar-refractivity contribution in [3.63, 3.8) is 0 Å². The van der Waals surface area contributed by atoms with Gasteiger partial charge in [-0.2, -0.15) is 8.78 Å². The summed E-state index contributed by atoms with van der Waals surface area (Å²) >= 11 is 0. The number of nitrogens with zero attached hydrogens (tertiary/aromatic N) is 1. The van der Waals surface area contributed by atoms with Gasteiger partial charge in [0.05, 0.1) is 13.2 Å². The van der Waals surface area contributed by atoms with Gasteiger partial charge in [0.1, 0.15) is 0 Å². The van der Waals surface area contributed by atoms with Crippen LogP contribution < -0.4 is 20.5 Å². The van der Waals surface area contributed by atoms with Crippen molar-refractivity contribution < 1.29 is 18.3 Å². The van der Waals surface area contributed by atoms with E-state index < -0.39 is 6.61 Å². The van der Waals surface area contributed by atoms with Crippen LogP contribution in [0.2, 0.25) is 0 Å². The molecule has 0 aliphatic heterocycles. The molecule has 3 N–H and O–H groups in total. The summed E-state index contributed by atoms with van der Waals surface area (Å²) in [6.45, 7) is -0.772. The Morgan fingerprint density at radius 3 is 2.52 bits per heavy atom. The summed E-state index contributed by atoms with van der Waals surface area (Å²) < 4.78 is 35.2. The summed E-state index contributed by atoms with van der Waals surface area (Å²) in [5.74, 6) is 0.400. The van der Waals surface area contributed by atoms with Crippen molar-refractivity contribution >= 4 is 35.6 Å². The maximum Gasteiger partial charge on any atom is 0.387 e. The minimum Gasteiger partial charge on any atom is -0.490 e. The van der Waals surface area contributed by atoms with Gasteiger partial charge in [0.15, 0.2) is 17.5 Å². The van der Waals surface area contributed by atoms with E-state index in [0.717, 1.165) is 5.69 Å². The highest BCUT2D eigenvalue weighted by molar-refractivity contribution is 14.0. The van der Waals surface area contributed by atoms with E-state index in [-0.39, 0.29) is 48.0 Å². The predicted molar refractivity (Wildman–Crippen MR) is 105 cm³/mol. The van der Waals surface area contributed by atoms with Crippen LogP contribution in [-0.4, -0.2) is 19.2 Å². The molecule has 0 amide bonds. The summed E-state index contributed by atoms with van der Waals surface area (Å²) in [4.78, 5) is 4.16. The molecule has 0 saturated heterocycles. The first-order valence-electron chi connectivity index (χ1n) is 7.41. The zero-order chi connectivity index (χ0) is 17.4. The predicted octanol–water partition coefficient (Wildman–Crippen LogP) is 4.23. The molecule has 2 aromatic rings. The van der Waals surface area contributed by atoms with Crippen LogP contribution >= 0.6 is 24.0 Å². The van der Waals surface area contributed by atoms with Crippen molar-refractivity contribution in [3.8, 4) is 11.5 Å². The van der Waals surface area contributed by atoms with Crippen LogP contribution in [0, 0.1) is 0 Å². The molecule has 0 aromatic heterocycles. The fourth-order valence-electron chi connectivity index (χ4n) is 2.06. The van der Waals surface area contributed by atoms with Crippen molar-refractivity contribution in [2.75, 3.05) is 11.9 Å². The first-order chi connectivity index (χ1) is 11.6. The molecule has 0 aliphatic rings. The SMILES string of the molecule is CCOc1cccc(CN=C(N)Nc2ccccc2)c1OC(F)F.I. The fourth-order valence-corrected chi connectivity index (χ4v) is 2.06. The van der Waals surface area contributed by atoms with Crippen LogP contribution in [-0.2, 0) is 6.54 Å². The van der Waals surface area contributed by atoms with Crippen molar-refractivity contribution in [2.45, 2.75) is 20.1 Å². The summed E-state index contributed by atoms with van der Waals surface area (Å²) in [5, 5.41) is 2.92. The van der Waals surface area contributed by atoms with Crippen LogP contribution in [0.15, 0.2) is 53.5 Å². The van der Waals surface area contributed by atoms with Gasteiger partial charge in [-0.1, -0.05) is 30.3 Å². The van der Waals surface area contributed by atoms with Gasteiger partial charge in [0.25, 0.3) is 0 Å². The van der Waals surface area contributed by atoms with Gasteiger partial charge in [0, 0.05) is 11.3 Å². The van der Waals surface area contributed by atoms with Crippen LogP contribution in [0.4, 0.5) is 14.5 Å². The van der Waals surface area contributed by atoms with Crippen LogP contribution in [0.3, 0.4) is 0 Å². The average Bonchev–Trinajstić information content (AvgIpc) is 2.56. The number of hydrogen-bond acceptors (Lipinski definition) is 3. The Kier molecular flexibility index (Phi) is 8.96. The zero-order valence-electron chi connectivity index (χ0n) is 13.6. The third-order valence-corrected chi connectivity index (χ3v) is 3.03. The maximum absolute atomic E-state index is 12.7. The van der Waals surface area contributed by atoms with E-state index in [9.17, 15) is 8.78 Å². The number of anilines is 1. The molecule has 2 aromatic carbocycles. The fraction of sp³-hybridized carbons (Fsp3) is 0.235. The minimum absolute atomic E-state index is 0. The number of nitrogens with one attached hydrogen (secondary N) is 1. The Morgan fingerprint density at radius 2 is 1.88 bits per heavy atom. The lowest BCUT2D eigenvalue weighted by molar-refractivity contribution is -0.0520. The first-order valence-corrected chi connectivity index (χ1v) is 7.41. The molecule has 25 heavy (non-hydrogen) atoms. The topological polar surface area (TPSA) is 68.9 Å². The molecule has 0 aliphatic carbocycles. The number of para-hydroxylation sites is 2. The number of benzene rings is 2. The zero-order valence-corrected chi connectivity index (χ0v) is 15.9.